The van der Waals surface area contributed by atoms with Crippen LogP contribution < -0.4 is 0 Å². The van der Waals surface area contributed by atoms with E-state index in [2.05, 4.69) is 24.3 Å². The summed E-state index contributed by atoms with van der Waals surface area (Å²) in [6.45, 7) is 0.302. The third kappa shape index (κ3) is 2.59. The quantitative estimate of drug-likeness (QED) is 0.623. The average molecular weight is 294 g/mol. The maximum atomic E-state index is 12.0. The van der Waals surface area contributed by atoms with Crippen LogP contribution in [0.1, 0.15) is 23.3 Å². The fourth-order valence-corrected chi connectivity index (χ4v) is 3.33. The number of hydrogen-bond acceptors (Lipinski definition) is 3. The number of carbonyl (C=O) groups is 1. The van der Waals surface area contributed by atoms with Gasteiger partial charge < -0.3 is 9.15 Å². The van der Waals surface area contributed by atoms with Crippen molar-refractivity contribution in [2.75, 3.05) is 0 Å². The third-order valence-electron chi connectivity index (χ3n) is 4.58. The Balaban J connectivity index is 1.31. The Morgan fingerprint density at radius 1 is 1.23 bits per heavy atom. The highest BCUT2D eigenvalue weighted by molar-refractivity contribution is 5.77. The van der Waals surface area contributed by atoms with Crippen LogP contribution in [0.5, 0.6) is 0 Å². The van der Waals surface area contributed by atoms with Crippen molar-refractivity contribution in [3.63, 3.8) is 0 Å². The molecule has 0 spiro atoms. The lowest BCUT2D eigenvalue weighted by Crippen LogP contribution is -2.09. The van der Waals surface area contributed by atoms with Gasteiger partial charge in [0.25, 0.3) is 0 Å². The average Bonchev–Trinajstić information content (AvgIpc) is 2.91. The van der Waals surface area contributed by atoms with E-state index in [0.717, 1.165) is 24.2 Å². The number of fused-ring (bicyclic) bond motifs is 1. The van der Waals surface area contributed by atoms with Crippen molar-refractivity contribution in [3.05, 3.63) is 71.7 Å². The second-order valence-electron chi connectivity index (χ2n) is 6.12. The maximum absolute atomic E-state index is 12.0. The number of hydrogen-bond donors (Lipinski definition) is 0. The summed E-state index contributed by atoms with van der Waals surface area (Å²) >= 11 is 0. The van der Waals surface area contributed by atoms with Crippen molar-refractivity contribution >= 4 is 5.97 Å². The number of rotatable bonds is 5. The van der Waals surface area contributed by atoms with Gasteiger partial charge in [0, 0.05) is 12.0 Å². The predicted octanol–water partition coefficient (Wildman–Crippen LogP) is 3.74. The summed E-state index contributed by atoms with van der Waals surface area (Å²) in [5.74, 6) is 1.87. The molecule has 3 unspecified atom stereocenters. The highest BCUT2D eigenvalue weighted by Gasteiger charge is 2.55. The molecule has 0 amide bonds. The van der Waals surface area contributed by atoms with Crippen molar-refractivity contribution in [2.24, 2.45) is 17.8 Å². The first-order valence-corrected chi connectivity index (χ1v) is 7.75. The molecule has 2 aliphatic rings. The number of furan rings is 1. The molecule has 1 fully saturated rings. The van der Waals surface area contributed by atoms with E-state index in [0.29, 0.717) is 18.4 Å². The van der Waals surface area contributed by atoms with Gasteiger partial charge in [-0.25, -0.2) is 0 Å². The molecule has 1 heterocycles. The Labute approximate surface area is 129 Å². The van der Waals surface area contributed by atoms with Crippen LogP contribution in [0.3, 0.4) is 0 Å². The smallest absolute Gasteiger partial charge is 0.310 e. The molecule has 1 aromatic carbocycles. The van der Waals surface area contributed by atoms with E-state index in [4.69, 9.17) is 9.15 Å². The number of carbonyl (C=O) groups excluding carboxylic acids is 1. The molecule has 2 aliphatic carbocycles. The van der Waals surface area contributed by atoms with Gasteiger partial charge in [-0.2, -0.15) is 0 Å². The molecule has 3 atom stereocenters. The van der Waals surface area contributed by atoms with Crippen LogP contribution in [0, 0.1) is 17.8 Å². The maximum Gasteiger partial charge on any atom is 0.310 e. The molecule has 3 heteroatoms. The molecule has 3 nitrogen and oxygen atoms in total. The summed E-state index contributed by atoms with van der Waals surface area (Å²) < 4.78 is 11.0. The Kier molecular flexibility index (Phi) is 3.34. The Morgan fingerprint density at radius 2 is 2.09 bits per heavy atom. The van der Waals surface area contributed by atoms with E-state index in [1.54, 1.807) is 6.26 Å². The molecular weight excluding hydrogens is 276 g/mol. The lowest BCUT2D eigenvalue weighted by atomic mass is 10.1. The molecule has 2 aromatic rings. The van der Waals surface area contributed by atoms with Crippen LogP contribution in [0.4, 0.5) is 0 Å². The molecule has 0 N–H and O–H groups in total. The van der Waals surface area contributed by atoms with Crippen LogP contribution in [-0.4, -0.2) is 5.97 Å². The van der Waals surface area contributed by atoms with Crippen molar-refractivity contribution in [1.82, 2.24) is 0 Å². The highest BCUT2D eigenvalue weighted by atomic mass is 16.5. The topological polar surface area (TPSA) is 39.4 Å². The van der Waals surface area contributed by atoms with Gasteiger partial charge in [0.05, 0.1) is 12.2 Å². The summed E-state index contributed by atoms with van der Waals surface area (Å²) in [5.41, 5.74) is 2.12. The van der Waals surface area contributed by atoms with E-state index in [-0.39, 0.29) is 11.9 Å². The summed E-state index contributed by atoms with van der Waals surface area (Å²) in [6, 6.07) is 12.1. The van der Waals surface area contributed by atoms with E-state index in [1.165, 1.54) is 5.56 Å². The highest BCUT2D eigenvalue weighted by Crippen LogP contribution is 2.54. The molecule has 0 saturated heterocycles. The van der Waals surface area contributed by atoms with Crippen LogP contribution in [-0.2, 0) is 22.6 Å². The monoisotopic (exact) mass is 294 g/mol. The molecule has 1 saturated carbocycles. The molecule has 0 aliphatic heterocycles. The Morgan fingerprint density at radius 3 is 2.86 bits per heavy atom. The zero-order chi connectivity index (χ0) is 14.9. The van der Waals surface area contributed by atoms with Gasteiger partial charge in [-0.1, -0.05) is 42.5 Å². The summed E-state index contributed by atoms with van der Waals surface area (Å²) in [6.07, 6.45) is 7.76. The number of benzene rings is 1. The lowest BCUT2D eigenvalue weighted by molar-refractivity contribution is -0.147. The van der Waals surface area contributed by atoms with Gasteiger partial charge in [0.1, 0.15) is 12.4 Å². The minimum atomic E-state index is -0.0647. The second kappa shape index (κ2) is 5.48. The Hall–Kier alpha value is -2.29. The first kappa shape index (κ1) is 13.4. The van der Waals surface area contributed by atoms with Gasteiger partial charge in [-0.15, -0.1) is 0 Å². The fraction of sp³-hybridized carbons (Fsp3) is 0.316. The molecule has 4 rings (SSSR count). The lowest BCUT2D eigenvalue weighted by Gasteiger charge is -2.02. The standard InChI is InChI=1S/C19H18O3/c20-19(18-16-7-4-8-17(16)18)22-12-14-10-15(21-11-14)9-13-5-2-1-3-6-13/h1-7,10-11,16-18H,8-9,12H2. The van der Waals surface area contributed by atoms with Gasteiger partial charge in [-0.3, -0.25) is 4.79 Å². The Bertz CT molecular complexity index is 698. The van der Waals surface area contributed by atoms with Crippen LogP contribution in [0.2, 0.25) is 0 Å². The first-order chi connectivity index (χ1) is 10.8. The second-order valence-corrected chi connectivity index (χ2v) is 6.12. The van der Waals surface area contributed by atoms with E-state index in [9.17, 15) is 4.79 Å². The van der Waals surface area contributed by atoms with Crippen LogP contribution in [0.15, 0.2) is 59.2 Å². The zero-order valence-corrected chi connectivity index (χ0v) is 12.3. The summed E-state index contributed by atoms with van der Waals surface area (Å²) in [7, 11) is 0. The number of esters is 1. The fourth-order valence-electron chi connectivity index (χ4n) is 3.33. The molecule has 1 aromatic heterocycles. The molecule has 22 heavy (non-hydrogen) atoms. The molecule has 112 valence electrons. The van der Waals surface area contributed by atoms with Gasteiger partial charge in [0.15, 0.2) is 0 Å². The largest absolute Gasteiger partial charge is 0.469 e. The molecular formula is C19H18O3. The summed E-state index contributed by atoms with van der Waals surface area (Å²) in [5, 5.41) is 0. The predicted molar refractivity (Wildman–Crippen MR) is 82.0 cm³/mol. The van der Waals surface area contributed by atoms with Crippen LogP contribution in [0.25, 0.3) is 0 Å². The van der Waals surface area contributed by atoms with E-state index in [1.807, 2.05) is 24.3 Å². The third-order valence-corrected chi connectivity index (χ3v) is 4.58. The zero-order valence-electron chi connectivity index (χ0n) is 12.3. The first-order valence-electron chi connectivity index (χ1n) is 7.75. The van der Waals surface area contributed by atoms with Gasteiger partial charge in [-0.05, 0) is 29.9 Å². The minimum absolute atomic E-state index is 0.0647. The van der Waals surface area contributed by atoms with Crippen molar-refractivity contribution in [1.29, 1.82) is 0 Å². The number of ether oxygens (including phenoxy) is 1. The molecule has 0 bridgehead atoms. The molecule has 0 radical (unpaired) electrons. The van der Waals surface area contributed by atoms with E-state index >= 15 is 0 Å². The summed E-state index contributed by atoms with van der Waals surface area (Å²) in [4.78, 5) is 12.0. The van der Waals surface area contributed by atoms with Crippen LogP contribution >= 0.6 is 0 Å². The SMILES string of the molecule is O=C(OCc1coc(Cc2ccccc2)c1)C1C2C=CCC21. The van der Waals surface area contributed by atoms with Gasteiger partial charge in [0.2, 0.25) is 0 Å². The van der Waals surface area contributed by atoms with Gasteiger partial charge >= 0.3 is 5.97 Å². The van der Waals surface area contributed by atoms with E-state index < -0.39 is 0 Å². The number of allylic oxidation sites excluding steroid dienone is 2. The van der Waals surface area contributed by atoms with Crippen molar-refractivity contribution in [3.8, 4) is 0 Å². The van der Waals surface area contributed by atoms with Crippen molar-refractivity contribution < 1.29 is 13.9 Å². The normalized spacial score (nSPS) is 25.0. The minimum Gasteiger partial charge on any atom is -0.469 e. The van der Waals surface area contributed by atoms with Crippen molar-refractivity contribution in [2.45, 2.75) is 19.4 Å².